The molecule has 6 heteroatoms. The summed E-state index contributed by atoms with van der Waals surface area (Å²) in [6.07, 6.45) is 1.44. The van der Waals surface area contributed by atoms with Crippen LogP contribution in [0.4, 0.5) is 10.1 Å². The van der Waals surface area contributed by atoms with Crippen LogP contribution in [-0.4, -0.2) is 18.9 Å². The van der Waals surface area contributed by atoms with Crippen molar-refractivity contribution in [2.24, 2.45) is 0 Å². The van der Waals surface area contributed by atoms with Crippen molar-refractivity contribution >= 4 is 5.69 Å². The van der Waals surface area contributed by atoms with Gasteiger partial charge in [0.1, 0.15) is 0 Å². The molecule has 0 saturated carbocycles. The molecule has 104 valence electrons. The largest absolute Gasteiger partial charge is 0.493 e. The van der Waals surface area contributed by atoms with Crippen molar-refractivity contribution in [1.82, 2.24) is 4.98 Å². The zero-order valence-corrected chi connectivity index (χ0v) is 10.9. The smallest absolute Gasteiger partial charge is 0.231 e. The fraction of sp³-hybridized carbons (Fsp3) is 0.214. The second kappa shape index (κ2) is 5.24. The number of pyridine rings is 1. The Morgan fingerprint density at radius 2 is 2.25 bits per heavy atom. The quantitative estimate of drug-likeness (QED) is 0.870. The molecule has 1 aliphatic rings. The Morgan fingerprint density at radius 1 is 1.35 bits per heavy atom. The van der Waals surface area contributed by atoms with E-state index in [9.17, 15) is 4.39 Å². The fourth-order valence-corrected chi connectivity index (χ4v) is 1.97. The summed E-state index contributed by atoms with van der Waals surface area (Å²) in [5, 5.41) is 3.15. The summed E-state index contributed by atoms with van der Waals surface area (Å²) in [5.41, 5.74) is 1.71. The van der Waals surface area contributed by atoms with Crippen LogP contribution >= 0.6 is 0 Å². The zero-order valence-electron chi connectivity index (χ0n) is 10.9. The van der Waals surface area contributed by atoms with Crippen molar-refractivity contribution < 1.29 is 18.6 Å². The van der Waals surface area contributed by atoms with Crippen molar-refractivity contribution in [3.8, 4) is 17.2 Å². The molecule has 0 spiro atoms. The van der Waals surface area contributed by atoms with E-state index in [0.29, 0.717) is 23.8 Å². The van der Waals surface area contributed by atoms with E-state index in [1.807, 2.05) is 12.1 Å². The standard InChI is InChI=1S/C14H13FN2O3/c1-18-11-4-9(5-12-14(11)20-8-19-12)6-16-10-2-3-13(15)17-7-10/h2-5,7,16H,6,8H2,1H3. The molecule has 1 N–H and O–H groups in total. The highest BCUT2D eigenvalue weighted by molar-refractivity contribution is 5.55. The van der Waals surface area contributed by atoms with Gasteiger partial charge in [0.25, 0.3) is 0 Å². The minimum absolute atomic E-state index is 0.199. The first-order valence-corrected chi connectivity index (χ1v) is 6.08. The van der Waals surface area contributed by atoms with E-state index in [1.54, 1.807) is 13.2 Å². The van der Waals surface area contributed by atoms with E-state index in [0.717, 1.165) is 11.3 Å². The lowest BCUT2D eigenvalue weighted by molar-refractivity contribution is 0.171. The average molecular weight is 276 g/mol. The van der Waals surface area contributed by atoms with Gasteiger partial charge in [-0.15, -0.1) is 0 Å². The number of rotatable bonds is 4. The number of anilines is 1. The van der Waals surface area contributed by atoms with Crippen molar-refractivity contribution in [3.63, 3.8) is 0 Å². The topological polar surface area (TPSA) is 52.6 Å². The minimum atomic E-state index is -0.500. The number of hydrogen-bond donors (Lipinski definition) is 1. The van der Waals surface area contributed by atoms with Crippen LogP contribution in [-0.2, 0) is 6.54 Å². The summed E-state index contributed by atoms with van der Waals surface area (Å²) in [5.74, 6) is 1.42. The molecule has 0 radical (unpaired) electrons. The molecule has 2 heterocycles. The van der Waals surface area contributed by atoms with Crippen LogP contribution in [0.5, 0.6) is 17.2 Å². The Labute approximate surface area is 115 Å². The van der Waals surface area contributed by atoms with E-state index in [1.165, 1.54) is 12.3 Å². The zero-order chi connectivity index (χ0) is 13.9. The first kappa shape index (κ1) is 12.5. The predicted molar refractivity (Wildman–Crippen MR) is 70.6 cm³/mol. The van der Waals surface area contributed by atoms with E-state index in [4.69, 9.17) is 14.2 Å². The first-order valence-electron chi connectivity index (χ1n) is 6.08. The summed E-state index contributed by atoms with van der Waals surface area (Å²) in [4.78, 5) is 3.58. The third-order valence-electron chi connectivity index (χ3n) is 2.94. The molecule has 0 aliphatic carbocycles. The number of benzene rings is 1. The summed E-state index contributed by atoms with van der Waals surface area (Å²) in [6.45, 7) is 0.741. The van der Waals surface area contributed by atoms with E-state index in [2.05, 4.69) is 10.3 Å². The molecule has 0 atom stereocenters. The highest BCUT2D eigenvalue weighted by Crippen LogP contribution is 2.41. The maximum absolute atomic E-state index is 12.7. The normalized spacial score (nSPS) is 12.3. The van der Waals surface area contributed by atoms with Crippen molar-refractivity contribution in [2.75, 3.05) is 19.2 Å². The van der Waals surface area contributed by atoms with Crippen LogP contribution in [0.3, 0.4) is 0 Å². The fourth-order valence-electron chi connectivity index (χ4n) is 1.97. The highest BCUT2D eigenvalue weighted by atomic mass is 19.1. The van der Waals surface area contributed by atoms with Crippen molar-refractivity contribution in [3.05, 3.63) is 42.0 Å². The van der Waals surface area contributed by atoms with Crippen molar-refractivity contribution in [2.45, 2.75) is 6.54 Å². The van der Waals surface area contributed by atoms with Gasteiger partial charge in [-0.2, -0.15) is 4.39 Å². The lowest BCUT2D eigenvalue weighted by Crippen LogP contribution is -2.00. The number of ether oxygens (including phenoxy) is 3. The maximum Gasteiger partial charge on any atom is 0.231 e. The lowest BCUT2D eigenvalue weighted by Gasteiger charge is -2.10. The molecule has 5 nitrogen and oxygen atoms in total. The van der Waals surface area contributed by atoms with Crippen LogP contribution < -0.4 is 19.5 Å². The number of nitrogens with one attached hydrogen (secondary N) is 1. The first-order chi connectivity index (χ1) is 9.76. The van der Waals surface area contributed by atoms with Gasteiger partial charge in [0, 0.05) is 6.54 Å². The third kappa shape index (κ3) is 2.45. The van der Waals surface area contributed by atoms with Gasteiger partial charge in [0.2, 0.25) is 18.5 Å². The number of aromatic nitrogens is 1. The molecule has 1 aliphatic heterocycles. The van der Waals surface area contributed by atoms with Gasteiger partial charge in [-0.05, 0) is 29.8 Å². The SMILES string of the molecule is COc1cc(CNc2ccc(F)nc2)cc2c1OCO2. The van der Waals surface area contributed by atoms with Crippen LogP contribution in [0.25, 0.3) is 0 Å². The molecule has 2 aromatic rings. The van der Waals surface area contributed by atoms with Gasteiger partial charge in [0.15, 0.2) is 11.5 Å². The van der Waals surface area contributed by atoms with Gasteiger partial charge in [-0.1, -0.05) is 0 Å². The second-order valence-corrected chi connectivity index (χ2v) is 4.26. The summed E-state index contributed by atoms with van der Waals surface area (Å²) < 4.78 is 28.7. The monoisotopic (exact) mass is 276 g/mol. The number of nitrogens with zero attached hydrogens (tertiary/aromatic N) is 1. The van der Waals surface area contributed by atoms with Crippen LogP contribution in [0, 0.1) is 5.95 Å². The Bertz CT molecular complexity index is 617. The van der Waals surface area contributed by atoms with E-state index >= 15 is 0 Å². The van der Waals surface area contributed by atoms with Gasteiger partial charge in [0.05, 0.1) is 19.0 Å². The Kier molecular flexibility index (Phi) is 3.28. The van der Waals surface area contributed by atoms with Gasteiger partial charge in [-0.3, -0.25) is 0 Å². The molecule has 0 bridgehead atoms. The van der Waals surface area contributed by atoms with Crippen LogP contribution in [0.2, 0.25) is 0 Å². The highest BCUT2D eigenvalue weighted by Gasteiger charge is 2.19. The van der Waals surface area contributed by atoms with Crippen molar-refractivity contribution in [1.29, 1.82) is 0 Å². The van der Waals surface area contributed by atoms with Crippen LogP contribution in [0.1, 0.15) is 5.56 Å². The minimum Gasteiger partial charge on any atom is -0.493 e. The number of methoxy groups -OCH3 is 1. The van der Waals surface area contributed by atoms with Gasteiger partial charge < -0.3 is 19.5 Å². The Morgan fingerprint density at radius 3 is 3.00 bits per heavy atom. The summed E-state index contributed by atoms with van der Waals surface area (Å²) in [6, 6.07) is 6.70. The summed E-state index contributed by atoms with van der Waals surface area (Å²) in [7, 11) is 1.58. The molecule has 1 aromatic carbocycles. The molecule has 3 rings (SSSR count). The Balaban J connectivity index is 1.76. The molecule has 20 heavy (non-hydrogen) atoms. The number of halogens is 1. The second-order valence-electron chi connectivity index (χ2n) is 4.26. The maximum atomic E-state index is 12.7. The molecule has 0 fully saturated rings. The van der Waals surface area contributed by atoms with Gasteiger partial charge >= 0.3 is 0 Å². The third-order valence-corrected chi connectivity index (χ3v) is 2.94. The number of fused-ring (bicyclic) bond motifs is 1. The predicted octanol–water partition coefficient (Wildman–Crippen LogP) is 2.57. The van der Waals surface area contributed by atoms with Gasteiger partial charge in [-0.25, -0.2) is 4.98 Å². The average Bonchev–Trinajstić information content (AvgIpc) is 2.94. The van der Waals surface area contributed by atoms with E-state index < -0.39 is 5.95 Å². The van der Waals surface area contributed by atoms with E-state index in [-0.39, 0.29) is 6.79 Å². The Hall–Kier alpha value is -2.50. The molecular weight excluding hydrogens is 263 g/mol. The van der Waals surface area contributed by atoms with Crippen LogP contribution in [0.15, 0.2) is 30.5 Å². The number of hydrogen-bond acceptors (Lipinski definition) is 5. The molecule has 0 amide bonds. The summed E-state index contributed by atoms with van der Waals surface area (Å²) >= 11 is 0. The lowest BCUT2D eigenvalue weighted by atomic mass is 10.2. The molecule has 0 saturated heterocycles. The molecule has 1 aromatic heterocycles. The molecule has 0 unspecified atom stereocenters. The molecular formula is C14H13FN2O3.